The molecular formula is C21H22N4O3. The van der Waals surface area contributed by atoms with Crippen molar-refractivity contribution in [3.05, 3.63) is 70.3 Å². The van der Waals surface area contributed by atoms with Crippen molar-refractivity contribution in [2.75, 3.05) is 12.4 Å². The van der Waals surface area contributed by atoms with E-state index in [0.29, 0.717) is 17.1 Å². The van der Waals surface area contributed by atoms with Gasteiger partial charge in [0.2, 0.25) is 5.91 Å². The first-order valence-corrected chi connectivity index (χ1v) is 8.87. The van der Waals surface area contributed by atoms with Crippen LogP contribution in [0.4, 0.5) is 5.69 Å². The van der Waals surface area contributed by atoms with Crippen molar-refractivity contribution in [2.45, 2.75) is 26.8 Å². The van der Waals surface area contributed by atoms with Crippen LogP contribution in [0.1, 0.15) is 24.1 Å². The summed E-state index contributed by atoms with van der Waals surface area (Å²) in [6, 6.07) is 12.0. The molecule has 0 aliphatic heterocycles. The van der Waals surface area contributed by atoms with Crippen molar-refractivity contribution in [1.29, 1.82) is 0 Å². The minimum Gasteiger partial charge on any atom is -0.497 e. The molecule has 0 saturated heterocycles. The summed E-state index contributed by atoms with van der Waals surface area (Å²) in [6.07, 6.45) is 1.48. The molecule has 0 bridgehead atoms. The number of carbonyl (C=O) groups is 1. The standard InChI is InChI=1S/C21H22N4O3/c1-13-5-8-17(11-14(13)2)23-20(26)15(3)25-21(27)24-19(12-22-25)16-6-9-18(28-4)10-7-16/h5-12,15H,1-4H3,(H,23,26)/t15-/m0/s1. The minimum atomic E-state index is -0.800. The molecule has 7 heteroatoms. The van der Waals surface area contributed by atoms with E-state index in [0.717, 1.165) is 21.4 Å². The first kappa shape index (κ1) is 19.3. The molecule has 1 amide bonds. The van der Waals surface area contributed by atoms with Crippen LogP contribution in [-0.2, 0) is 4.79 Å². The van der Waals surface area contributed by atoms with E-state index in [1.807, 2.05) is 32.0 Å². The largest absolute Gasteiger partial charge is 0.497 e. The second-order valence-electron chi connectivity index (χ2n) is 6.56. The number of amides is 1. The SMILES string of the molecule is COc1ccc(-c2cnn([C@@H](C)C(=O)Nc3ccc(C)c(C)c3)c(=O)n2)cc1. The van der Waals surface area contributed by atoms with Gasteiger partial charge in [0.05, 0.1) is 19.0 Å². The highest BCUT2D eigenvalue weighted by Gasteiger charge is 2.19. The zero-order valence-corrected chi connectivity index (χ0v) is 16.3. The first-order chi connectivity index (χ1) is 13.4. The molecule has 28 heavy (non-hydrogen) atoms. The second kappa shape index (κ2) is 8.04. The van der Waals surface area contributed by atoms with Crippen LogP contribution in [0.2, 0.25) is 0 Å². The zero-order chi connectivity index (χ0) is 20.3. The van der Waals surface area contributed by atoms with Gasteiger partial charge in [-0.05, 0) is 68.3 Å². The summed E-state index contributed by atoms with van der Waals surface area (Å²) < 4.78 is 6.19. The Morgan fingerprint density at radius 3 is 2.43 bits per heavy atom. The van der Waals surface area contributed by atoms with Crippen molar-refractivity contribution in [2.24, 2.45) is 0 Å². The van der Waals surface area contributed by atoms with E-state index in [9.17, 15) is 9.59 Å². The number of anilines is 1. The highest BCUT2D eigenvalue weighted by molar-refractivity contribution is 5.93. The van der Waals surface area contributed by atoms with E-state index in [2.05, 4.69) is 15.4 Å². The molecule has 0 fully saturated rings. The molecular weight excluding hydrogens is 356 g/mol. The molecule has 0 aliphatic rings. The molecule has 0 aliphatic carbocycles. The van der Waals surface area contributed by atoms with Crippen LogP contribution in [0.5, 0.6) is 5.75 Å². The lowest BCUT2D eigenvalue weighted by Gasteiger charge is -2.14. The average molecular weight is 378 g/mol. The van der Waals surface area contributed by atoms with Crippen LogP contribution in [0.25, 0.3) is 11.3 Å². The van der Waals surface area contributed by atoms with Crippen molar-refractivity contribution < 1.29 is 9.53 Å². The van der Waals surface area contributed by atoms with Gasteiger partial charge in [-0.3, -0.25) is 4.79 Å². The highest BCUT2D eigenvalue weighted by Crippen LogP contribution is 2.19. The maximum atomic E-state index is 12.5. The van der Waals surface area contributed by atoms with Gasteiger partial charge >= 0.3 is 5.69 Å². The predicted octanol–water partition coefficient (Wildman–Crippen LogP) is 3.13. The third-order valence-electron chi connectivity index (χ3n) is 4.62. The molecule has 1 N–H and O–H groups in total. The fraction of sp³-hybridized carbons (Fsp3) is 0.238. The van der Waals surface area contributed by atoms with E-state index >= 15 is 0 Å². The zero-order valence-electron chi connectivity index (χ0n) is 16.3. The second-order valence-corrected chi connectivity index (χ2v) is 6.56. The molecule has 0 unspecified atom stereocenters. The third-order valence-corrected chi connectivity index (χ3v) is 4.62. The number of nitrogens with zero attached hydrogens (tertiary/aromatic N) is 3. The summed E-state index contributed by atoms with van der Waals surface area (Å²) in [5.74, 6) is 0.374. The predicted molar refractivity (Wildman–Crippen MR) is 108 cm³/mol. The van der Waals surface area contributed by atoms with Gasteiger partial charge in [-0.25, -0.2) is 9.48 Å². The molecule has 0 radical (unpaired) electrons. The number of hydrogen-bond donors (Lipinski definition) is 1. The van der Waals surface area contributed by atoms with E-state index in [4.69, 9.17) is 4.74 Å². The Kier molecular flexibility index (Phi) is 5.54. The summed E-state index contributed by atoms with van der Waals surface area (Å²) in [5.41, 5.74) is 3.48. The van der Waals surface area contributed by atoms with Gasteiger partial charge in [-0.2, -0.15) is 10.1 Å². The van der Waals surface area contributed by atoms with E-state index in [1.165, 1.54) is 6.20 Å². The maximum Gasteiger partial charge on any atom is 0.365 e. The average Bonchev–Trinajstić information content (AvgIpc) is 2.70. The van der Waals surface area contributed by atoms with Crippen LogP contribution in [0, 0.1) is 13.8 Å². The molecule has 1 heterocycles. The molecule has 7 nitrogen and oxygen atoms in total. The number of aromatic nitrogens is 3. The number of rotatable bonds is 5. The fourth-order valence-corrected chi connectivity index (χ4v) is 2.69. The van der Waals surface area contributed by atoms with Crippen molar-refractivity contribution in [1.82, 2.24) is 14.8 Å². The molecule has 3 aromatic rings. The summed E-state index contributed by atoms with van der Waals surface area (Å²) in [6.45, 7) is 5.59. The Hall–Kier alpha value is -3.48. The first-order valence-electron chi connectivity index (χ1n) is 8.87. The number of ether oxygens (including phenoxy) is 1. The summed E-state index contributed by atoms with van der Waals surface area (Å²) in [5, 5.41) is 6.96. The molecule has 0 spiro atoms. The van der Waals surface area contributed by atoms with Gasteiger partial charge in [0.15, 0.2) is 0 Å². The molecule has 0 saturated carbocycles. The van der Waals surface area contributed by atoms with Crippen molar-refractivity contribution >= 4 is 11.6 Å². The highest BCUT2D eigenvalue weighted by atomic mass is 16.5. The van der Waals surface area contributed by atoms with Crippen LogP contribution in [0.3, 0.4) is 0 Å². The topological polar surface area (TPSA) is 86.1 Å². The summed E-state index contributed by atoms with van der Waals surface area (Å²) in [7, 11) is 1.58. The summed E-state index contributed by atoms with van der Waals surface area (Å²) in [4.78, 5) is 29.0. The van der Waals surface area contributed by atoms with Crippen molar-refractivity contribution in [3.8, 4) is 17.0 Å². The normalized spacial score (nSPS) is 11.7. The number of methoxy groups -OCH3 is 1. The molecule has 144 valence electrons. The number of benzene rings is 2. The Bertz CT molecular complexity index is 1060. The maximum absolute atomic E-state index is 12.5. The Morgan fingerprint density at radius 2 is 1.82 bits per heavy atom. The van der Waals surface area contributed by atoms with Gasteiger partial charge < -0.3 is 10.1 Å². The van der Waals surface area contributed by atoms with Crippen LogP contribution < -0.4 is 15.7 Å². The van der Waals surface area contributed by atoms with Crippen LogP contribution in [-0.4, -0.2) is 27.8 Å². The van der Waals surface area contributed by atoms with E-state index in [-0.39, 0.29) is 5.91 Å². The van der Waals surface area contributed by atoms with Gasteiger partial charge in [-0.15, -0.1) is 0 Å². The fourth-order valence-electron chi connectivity index (χ4n) is 2.69. The Labute approximate surface area is 163 Å². The van der Waals surface area contributed by atoms with E-state index < -0.39 is 11.7 Å². The third kappa shape index (κ3) is 4.09. The van der Waals surface area contributed by atoms with Crippen molar-refractivity contribution in [3.63, 3.8) is 0 Å². The Morgan fingerprint density at radius 1 is 1.11 bits per heavy atom. The molecule has 1 aromatic heterocycles. The quantitative estimate of drug-likeness (QED) is 0.737. The van der Waals surface area contributed by atoms with Crippen LogP contribution in [0.15, 0.2) is 53.5 Å². The van der Waals surface area contributed by atoms with Gasteiger partial charge in [0.25, 0.3) is 0 Å². The number of hydrogen-bond acceptors (Lipinski definition) is 5. The number of aryl methyl sites for hydroxylation is 2. The lowest BCUT2D eigenvalue weighted by atomic mass is 10.1. The molecule has 3 rings (SSSR count). The van der Waals surface area contributed by atoms with Crippen LogP contribution >= 0.6 is 0 Å². The summed E-state index contributed by atoms with van der Waals surface area (Å²) >= 11 is 0. The minimum absolute atomic E-state index is 0.336. The van der Waals surface area contributed by atoms with E-state index in [1.54, 1.807) is 38.3 Å². The number of nitrogens with one attached hydrogen (secondary N) is 1. The molecule has 1 atom stereocenters. The lowest BCUT2D eigenvalue weighted by Crippen LogP contribution is -2.34. The van der Waals surface area contributed by atoms with Gasteiger partial charge in [0, 0.05) is 11.3 Å². The smallest absolute Gasteiger partial charge is 0.365 e. The molecule has 2 aromatic carbocycles. The monoisotopic (exact) mass is 378 g/mol. The van der Waals surface area contributed by atoms with Gasteiger partial charge in [-0.1, -0.05) is 6.07 Å². The van der Waals surface area contributed by atoms with Gasteiger partial charge in [0.1, 0.15) is 11.8 Å². The lowest BCUT2D eigenvalue weighted by molar-refractivity contribution is -0.119. The number of carbonyl (C=O) groups excluding carboxylic acids is 1. The Balaban J connectivity index is 1.79.